The van der Waals surface area contributed by atoms with Crippen molar-refractivity contribution < 1.29 is 14.7 Å². The number of carboxylic acids is 1. The van der Waals surface area contributed by atoms with Crippen LogP contribution >= 0.6 is 0 Å². The number of aliphatic carboxylic acids is 1. The van der Waals surface area contributed by atoms with Crippen LogP contribution in [0.25, 0.3) is 0 Å². The first-order valence-corrected chi connectivity index (χ1v) is 7.74. The molecule has 1 saturated heterocycles. The van der Waals surface area contributed by atoms with Crippen LogP contribution in [0.4, 0.5) is 0 Å². The molecule has 0 radical (unpaired) electrons. The maximum absolute atomic E-state index is 12.1. The molecular formula is C15H28N2O3. The molecule has 0 aromatic rings. The number of nitrogens with zero attached hydrogens (tertiary/aromatic N) is 1. The van der Waals surface area contributed by atoms with Crippen molar-refractivity contribution in [3.63, 3.8) is 0 Å². The van der Waals surface area contributed by atoms with E-state index in [1.54, 1.807) is 0 Å². The predicted octanol–water partition coefficient (Wildman–Crippen LogP) is 1.85. The summed E-state index contributed by atoms with van der Waals surface area (Å²) in [5.41, 5.74) is 5.44. The highest BCUT2D eigenvalue weighted by molar-refractivity contribution is 5.76. The van der Waals surface area contributed by atoms with Crippen molar-refractivity contribution in [1.82, 2.24) is 4.90 Å². The van der Waals surface area contributed by atoms with Crippen LogP contribution in [-0.4, -0.2) is 41.5 Å². The van der Waals surface area contributed by atoms with Crippen molar-refractivity contribution in [2.24, 2.45) is 17.6 Å². The largest absolute Gasteiger partial charge is 0.481 e. The highest BCUT2D eigenvalue weighted by Crippen LogP contribution is 2.26. The molecule has 20 heavy (non-hydrogen) atoms. The van der Waals surface area contributed by atoms with Crippen LogP contribution in [0.2, 0.25) is 0 Å². The van der Waals surface area contributed by atoms with Gasteiger partial charge in [-0.25, -0.2) is 0 Å². The second-order valence-electron chi connectivity index (χ2n) is 5.92. The number of carboxylic acid groups (broad SMARTS) is 1. The van der Waals surface area contributed by atoms with Crippen molar-refractivity contribution in [2.45, 2.75) is 51.9 Å². The fourth-order valence-corrected chi connectivity index (χ4v) is 2.90. The van der Waals surface area contributed by atoms with Gasteiger partial charge in [0.05, 0.1) is 0 Å². The molecule has 1 fully saturated rings. The van der Waals surface area contributed by atoms with Gasteiger partial charge >= 0.3 is 5.97 Å². The number of hydrogen-bond donors (Lipinski definition) is 2. The molecule has 5 heteroatoms. The monoisotopic (exact) mass is 284 g/mol. The first-order chi connectivity index (χ1) is 9.54. The van der Waals surface area contributed by atoms with Crippen molar-refractivity contribution in [3.8, 4) is 0 Å². The third-order valence-electron chi connectivity index (χ3n) is 4.21. The summed E-state index contributed by atoms with van der Waals surface area (Å²) in [6.45, 7) is 4.22. The topological polar surface area (TPSA) is 83.6 Å². The van der Waals surface area contributed by atoms with Gasteiger partial charge in [-0.1, -0.05) is 13.3 Å². The lowest BCUT2D eigenvalue weighted by atomic mass is 9.84. The standard InChI is InChI=1S/C15H28N2O3/c1-12(10-15(19)20)13-6-5-9-17(11-13)14(18)7-3-2-4-8-16/h12-13H,2-11,16H2,1H3,(H,19,20). The Kier molecular flexibility index (Phi) is 7.59. The number of likely N-dealkylation sites (tertiary alicyclic amines) is 1. The minimum absolute atomic E-state index is 0.139. The van der Waals surface area contributed by atoms with Crippen LogP contribution in [0, 0.1) is 11.8 Å². The molecule has 0 spiro atoms. The van der Waals surface area contributed by atoms with Crippen LogP contribution in [0.3, 0.4) is 0 Å². The smallest absolute Gasteiger partial charge is 0.303 e. The maximum Gasteiger partial charge on any atom is 0.303 e. The van der Waals surface area contributed by atoms with Gasteiger partial charge in [-0.3, -0.25) is 9.59 Å². The van der Waals surface area contributed by atoms with Crippen molar-refractivity contribution in [2.75, 3.05) is 19.6 Å². The molecule has 5 nitrogen and oxygen atoms in total. The van der Waals surface area contributed by atoms with E-state index in [9.17, 15) is 9.59 Å². The molecule has 0 aromatic carbocycles. The Morgan fingerprint density at radius 2 is 2.10 bits per heavy atom. The lowest BCUT2D eigenvalue weighted by molar-refractivity contribution is -0.138. The zero-order chi connectivity index (χ0) is 15.0. The van der Waals surface area contributed by atoms with E-state index in [-0.39, 0.29) is 18.2 Å². The Labute approximate surface area is 121 Å². The van der Waals surface area contributed by atoms with Crippen LogP contribution < -0.4 is 5.73 Å². The number of hydrogen-bond acceptors (Lipinski definition) is 3. The molecule has 116 valence electrons. The maximum atomic E-state index is 12.1. The minimum Gasteiger partial charge on any atom is -0.481 e. The number of piperidine rings is 1. The summed E-state index contributed by atoms with van der Waals surface area (Å²) < 4.78 is 0. The Hall–Kier alpha value is -1.10. The average molecular weight is 284 g/mol. The van der Waals surface area contributed by atoms with Gasteiger partial charge in [0.2, 0.25) is 5.91 Å². The van der Waals surface area contributed by atoms with Gasteiger partial charge in [0.1, 0.15) is 0 Å². The SMILES string of the molecule is CC(CC(=O)O)C1CCCN(C(=O)CCCCCN)C1. The van der Waals surface area contributed by atoms with Gasteiger partial charge in [-0.05, 0) is 44.1 Å². The number of carbonyl (C=O) groups is 2. The third kappa shape index (κ3) is 5.90. The normalized spacial score (nSPS) is 20.7. The molecule has 0 saturated carbocycles. The first kappa shape index (κ1) is 17.0. The van der Waals surface area contributed by atoms with Crippen LogP contribution in [0.1, 0.15) is 51.9 Å². The lowest BCUT2D eigenvalue weighted by Crippen LogP contribution is -2.41. The van der Waals surface area contributed by atoms with Crippen LogP contribution in [-0.2, 0) is 9.59 Å². The van der Waals surface area contributed by atoms with E-state index in [1.165, 1.54) is 0 Å². The highest BCUT2D eigenvalue weighted by atomic mass is 16.4. The van der Waals surface area contributed by atoms with Crippen molar-refractivity contribution in [1.29, 1.82) is 0 Å². The lowest BCUT2D eigenvalue weighted by Gasteiger charge is -2.35. The summed E-state index contributed by atoms with van der Waals surface area (Å²) in [6.07, 6.45) is 5.71. The first-order valence-electron chi connectivity index (χ1n) is 7.74. The summed E-state index contributed by atoms with van der Waals surface area (Å²) in [7, 11) is 0. The average Bonchev–Trinajstić information content (AvgIpc) is 2.43. The molecule has 1 rings (SSSR count). The van der Waals surface area contributed by atoms with E-state index in [0.29, 0.717) is 18.9 Å². The fourth-order valence-electron chi connectivity index (χ4n) is 2.90. The Bertz CT molecular complexity index is 320. The third-order valence-corrected chi connectivity index (χ3v) is 4.21. The molecule has 2 unspecified atom stereocenters. The van der Waals surface area contributed by atoms with E-state index in [2.05, 4.69) is 0 Å². The molecule has 3 N–H and O–H groups in total. The highest BCUT2D eigenvalue weighted by Gasteiger charge is 2.27. The Morgan fingerprint density at radius 3 is 2.75 bits per heavy atom. The summed E-state index contributed by atoms with van der Waals surface area (Å²) in [6, 6.07) is 0. The fraction of sp³-hybridized carbons (Fsp3) is 0.867. The van der Waals surface area contributed by atoms with Gasteiger partial charge in [0.25, 0.3) is 0 Å². The molecule has 1 heterocycles. The summed E-state index contributed by atoms with van der Waals surface area (Å²) in [5.74, 6) is -0.0647. The van der Waals surface area contributed by atoms with Gasteiger partial charge in [-0.15, -0.1) is 0 Å². The molecule has 2 atom stereocenters. The van der Waals surface area contributed by atoms with Crippen molar-refractivity contribution >= 4 is 11.9 Å². The summed E-state index contributed by atoms with van der Waals surface area (Å²) in [5, 5.41) is 8.87. The molecule has 0 bridgehead atoms. The predicted molar refractivity (Wildman–Crippen MR) is 78.2 cm³/mol. The van der Waals surface area contributed by atoms with Crippen molar-refractivity contribution in [3.05, 3.63) is 0 Å². The Morgan fingerprint density at radius 1 is 1.35 bits per heavy atom. The number of nitrogens with two attached hydrogens (primary N) is 1. The molecule has 1 amide bonds. The number of unbranched alkanes of at least 4 members (excludes halogenated alkanes) is 2. The van der Waals surface area contributed by atoms with Crippen LogP contribution in [0.5, 0.6) is 0 Å². The van der Waals surface area contributed by atoms with E-state index >= 15 is 0 Å². The molecule has 0 aliphatic carbocycles. The zero-order valence-electron chi connectivity index (χ0n) is 12.5. The second kappa shape index (κ2) is 8.95. The van der Waals surface area contributed by atoms with Gasteiger partial charge in [0.15, 0.2) is 0 Å². The Balaban J connectivity index is 2.35. The molecule has 1 aliphatic heterocycles. The zero-order valence-corrected chi connectivity index (χ0v) is 12.5. The minimum atomic E-state index is -0.747. The van der Waals surface area contributed by atoms with Crippen LogP contribution in [0.15, 0.2) is 0 Å². The van der Waals surface area contributed by atoms with E-state index in [4.69, 9.17) is 10.8 Å². The van der Waals surface area contributed by atoms with Gasteiger partial charge < -0.3 is 15.7 Å². The number of rotatable bonds is 8. The summed E-state index contributed by atoms with van der Waals surface area (Å²) in [4.78, 5) is 24.8. The number of carbonyl (C=O) groups excluding carboxylic acids is 1. The van der Waals surface area contributed by atoms with Gasteiger partial charge in [0, 0.05) is 25.9 Å². The van der Waals surface area contributed by atoms with E-state index in [1.807, 2.05) is 11.8 Å². The number of amides is 1. The molecule has 1 aliphatic rings. The molecule has 0 aromatic heterocycles. The van der Waals surface area contributed by atoms with E-state index in [0.717, 1.165) is 45.2 Å². The summed E-state index contributed by atoms with van der Waals surface area (Å²) >= 11 is 0. The second-order valence-corrected chi connectivity index (χ2v) is 5.92. The van der Waals surface area contributed by atoms with Gasteiger partial charge in [-0.2, -0.15) is 0 Å². The van der Waals surface area contributed by atoms with E-state index < -0.39 is 5.97 Å². The molecular weight excluding hydrogens is 256 g/mol. The quantitative estimate of drug-likeness (QED) is 0.666.